The summed E-state index contributed by atoms with van der Waals surface area (Å²) in [5, 5.41) is 9.12. The van der Waals surface area contributed by atoms with E-state index in [0.717, 1.165) is 6.42 Å². The molecule has 1 aromatic rings. The van der Waals surface area contributed by atoms with Crippen LogP contribution in [0.3, 0.4) is 0 Å². The second kappa shape index (κ2) is 5.76. The highest BCUT2D eigenvalue weighted by Crippen LogP contribution is 2.28. The number of nitrogens with zero attached hydrogens (tertiary/aromatic N) is 3. The number of aryl methyl sites for hydroxylation is 2. The van der Waals surface area contributed by atoms with Crippen molar-refractivity contribution in [3.63, 3.8) is 0 Å². The van der Waals surface area contributed by atoms with E-state index >= 15 is 0 Å². The van der Waals surface area contributed by atoms with E-state index < -0.39 is 21.9 Å². The Labute approximate surface area is 124 Å². The van der Waals surface area contributed by atoms with Gasteiger partial charge in [0, 0.05) is 25.8 Å². The molecule has 1 aliphatic heterocycles. The Bertz CT molecular complexity index is 638. The molecule has 2 atom stereocenters. The molecule has 1 N–H and O–H groups in total. The van der Waals surface area contributed by atoms with Crippen molar-refractivity contribution in [3.8, 4) is 0 Å². The van der Waals surface area contributed by atoms with Gasteiger partial charge in [0.25, 0.3) is 10.0 Å². The minimum absolute atomic E-state index is 0.00619. The molecular formula is C13H21N3O4S. The summed E-state index contributed by atoms with van der Waals surface area (Å²) in [5.74, 6) is -1.15. The molecule has 0 radical (unpaired) electrons. The smallest absolute Gasteiger partial charge is 0.308 e. The first-order valence-electron chi connectivity index (χ1n) is 7.04. The van der Waals surface area contributed by atoms with Crippen molar-refractivity contribution >= 4 is 16.0 Å². The van der Waals surface area contributed by atoms with Gasteiger partial charge >= 0.3 is 5.97 Å². The van der Waals surface area contributed by atoms with Crippen LogP contribution < -0.4 is 0 Å². The summed E-state index contributed by atoms with van der Waals surface area (Å²) in [7, 11) is -3.72. The second-order valence-electron chi connectivity index (χ2n) is 5.56. The predicted molar refractivity (Wildman–Crippen MR) is 76.3 cm³/mol. The molecule has 2 rings (SSSR count). The van der Waals surface area contributed by atoms with Crippen molar-refractivity contribution in [1.29, 1.82) is 0 Å². The first-order valence-corrected chi connectivity index (χ1v) is 8.48. The number of carbonyl (C=O) groups is 1. The largest absolute Gasteiger partial charge is 0.481 e. The number of rotatable bonds is 5. The number of aromatic nitrogens is 2. The zero-order valence-corrected chi connectivity index (χ0v) is 13.3. The van der Waals surface area contributed by atoms with Crippen LogP contribution in [0, 0.1) is 18.8 Å². The summed E-state index contributed by atoms with van der Waals surface area (Å²) in [5.41, 5.74) is 0. The lowest BCUT2D eigenvalue weighted by molar-refractivity contribution is -0.142. The third kappa shape index (κ3) is 2.96. The van der Waals surface area contributed by atoms with E-state index in [9.17, 15) is 13.2 Å². The van der Waals surface area contributed by atoms with Gasteiger partial charge in [-0.1, -0.05) is 13.8 Å². The van der Waals surface area contributed by atoms with E-state index in [2.05, 4.69) is 4.98 Å². The summed E-state index contributed by atoms with van der Waals surface area (Å²) in [4.78, 5) is 15.2. The molecule has 1 aromatic heterocycles. The van der Waals surface area contributed by atoms with Gasteiger partial charge in [-0.15, -0.1) is 0 Å². The van der Waals surface area contributed by atoms with Gasteiger partial charge < -0.3 is 9.67 Å². The van der Waals surface area contributed by atoms with Gasteiger partial charge in [0.1, 0.15) is 5.82 Å². The lowest BCUT2D eigenvalue weighted by Gasteiger charge is -2.13. The Morgan fingerprint density at radius 2 is 2.14 bits per heavy atom. The molecule has 21 heavy (non-hydrogen) atoms. The van der Waals surface area contributed by atoms with E-state index in [0.29, 0.717) is 12.4 Å². The Kier molecular flexibility index (Phi) is 4.38. The molecule has 0 amide bonds. The third-order valence-corrected chi connectivity index (χ3v) is 5.62. The van der Waals surface area contributed by atoms with Crippen molar-refractivity contribution in [2.24, 2.45) is 11.8 Å². The zero-order chi connectivity index (χ0) is 15.8. The van der Waals surface area contributed by atoms with Crippen LogP contribution in [0.1, 0.15) is 26.1 Å². The SMILES string of the molecule is CCCn1cc(S(=O)(=O)N2C[C@@H](C)[C@H](C(=O)O)C2)nc1C. The monoisotopic (exact) mass is 315 g/mol. The van der Waals surface area contributed by atoms with Crippen molar-refractivity contribution in [3.05, 3.63) is 12.0 Å². The summed E-state index contributed by atoms with van der Waals surface area (Å²) >= 11 is 0. The molecule has 0 spiro atoms. The minimum Gasteiger partial charge on any atom is -0.481 e. The summed E-state index contributed by atoms with van der Waals surface area (Å²) in [6.07, 6.45) is 2.42. The van der Waals surface area contributed by atoms with Crippen LogP contribution in [0.25, 0.3) is 0 Å². The van der Waals surface area contributed by atoms with E-state index in [-0.39, 0.29) is 24.0 Å². The minimum atomic E-state index is -3.72. The number of carboxylic acid groups (broad SMARTS) is 1. The maximum absolute atomic E-state index is 12.6. The van der Waals surface area contributed by atoms with Crippen LogP contribution >= 0.6 is 0 Å². The Hall–Kier alpha value is -1.41. The normalized spacial score (nSPS) is 23.6. The number of sulfonamides is 1. The first-order chi connectivity index (χ1) is 9.77. The van der Waals surface area contributed by atoms with Crippen molar-refractivity contribution < 1.29 is 18.3 Å². The summed E-state index contributed by atoms with van der Waals surface area (Å²) in [6, 6.07) is 0. The number of aliphatic carboxylic acids is 1. The summed E-state index contributed by atoms with van der Waals surface area (Å²) in [6.45, 7) is 6.48. The standard InChI is InChI=1S/C13H21N3O4S/c1-4-5-15-8-12(14-10(15)3)21(19,20)16-6-9(2)11(7-16)13(17)18/h8-9,11H,4-7H2,1-3H3,(H,17,18)/t9-,11-/m1/s1. The van der Waals surface area contributed by atoms with Crippen LogP contribution in [0.4, 0.5) is 0 Å². The fourth-order valence-electron chi connectivity index (χ4n) is 2.64. The van der Waals surface area contributed by atoms with Crippen molar-refractivity contribution in [2.75, 3.05) is 13.1 Å². The van der Waals surface area contributed by atoms with E-state index in [1.54, 1.807) is 18.4 Å². The van der Waals surface area contributed by atoms with Gasteiger partial charge in [-0.3, -0.25) is 4.79 Å². The van der Waals surface area contributed by atoms with Crippen LogP contribution in [0.2, 0.25) is 0 Å². The van der Waals surface area contributed by atoms with Crippen LogP contribution in [0.15, 0.2) is 11.2 Å². The van der Waals surface area contributed by atoms with E-state index in [1.807, 2.05) is 6.92 Å². The molecule has 1 aliphatic rings. The van der Waals surface area contributed by atoms with Crippen molar-refractivity contribution in [1.82, 2.24) is 13.9 Å². The topological polar surface area (TPSA) is 92.5 Å². The van der Waals surface area contributed by atoms with Gasteiger partial charge in [0.05, 0.1) is 5.92 Å². The van der Waals surface area contributed by atoms with Gasteiger partial charge in [0.15, 0.2) is 5.03 Å². The molecule has 0 unspecified atom stereocenters. The first kappa shape index (κ1) is 16.0. The molecule has 1 fully saturated rings. The van der Waals surface area contributed by atoms with Crippen LogP contribution in [-0.4, -0.2) is 46.4 Å². The number of imidazole rings is 1. The quantitative estimate of drug-likeness (QED) is 0.873. The highest BCUT2D eigenvalue weighted by molar-refractivity contribution is 7.89. The summed E-state index contributed by atoms with van der Waals surface area (Å²) < 4.78 is 28.2. The lowest BCUT2D eigenvalue weighted by atomic mass is 9.99. The van der Waals surface area contributed by atoms with E-state index in [1.165, 1.54) is 10.5 Å². The molecule has 118 valence electrons. The molecule has 2 heterocycles. The zero-order valence-electron chi connectivity index (χ0n) is 12.5. The number of carboxylic acids is 1. The molecule has 0 saturated carbocycles. The molecule has 0 aromatic carbocycles. The van der Waals surface area contributed by atoms with E-state index in [4.69, 9.17) is 5.11 Å². The highest BCUT2D eigenvalue weighted by atomic mass is 32.2. The molecule has 0 aliphatic carbocycles. The maximum atomic E-state index is 12.6. The fraction of sp³-hybridized carbons (Fsp3) is 0.692. The number of hydrogen-bond acceptors (Lipinski definition) is 4. The van der Waals surface area contributed by atoms with Crippen molar-refractivity contribution in [2.45, 2.75) is 38.8 Å². The van der Waals surface area contributed by atoms with Gasteiger partial charge in [-0.2, -0.15) is 4.31 Å². The molecular weight excluding hydrogens is 294 g/mol. The Balaban J connectivity index is 2.27. The molecule has 1 saturated heterocycles. The Morgan fingerprint density at radius 3 is 2.67 bits per heavy atom. The molecule has 8 heteroatoms. The highest BCUT2D eigenvalue weighted by Gasteiger charge is 2.41. The van der Waals surface area contributed by atoms with Gasteiger partial charge in [-0.05, 0) is 19.3 Å². The van der Waals surface area contributed by atoms with Crippen LogP contribution in [-0.2, 0) is 21.4 Å². The molecule has 0 bridgehead atoms. The van der Waals surface area contributed by atoms with Gasteiger partial charge in [0.2, 0.25) is 0 Å². The third-order valence-electron chi connectivity index (χ3n) is 3.92. The number of hydrogen-bond donors (Lipinski definition) is 1. The average Bonchev–Trinajstić information content (AvgIpc) is 2.95. The fourth-order valence-corrected chi connectivity index (χ4v) is 4.20. The Morgan fingerprint density at radius 1 is 1.48 bits per heavy atom. The molecule has 7 nitrogen and oxygen atoms in total. The van der Waals surface area contributed by atoms with Gasteiger partial charge in [-0.25, -0.2) is 13.4 Å². The second-order valence-corrected chi connectivity index (χ2v) is 7.45. The van der Waals surface area contributed by atoms with Crippen LogP contribution in [0.5, 0.6) is 0 Å². The average molecular weight is 315 g/mol. The lowest BCUT2D eigenvalue weighted by Crippen LogP contribution is -2.30. The predicted octanol–water partition coefficient (Wildman–Crippen LogP) is 0.943. The maximum Gasteiger partial charge on any atom is 0.308 e.